The third-order valence-corrected chi connectivity index (χ3v) is 3.86. The molecule has 0 aliphatic rings. The lowest BCUT2D eigenvalue weighted by atomic mass is 10.00. The minimum Gasteiger partial charge on any atom is -0.396 e. The molecule has 1 amide bonds. The molecule has 6 nitrogen and oxygen atoms in total. The van der Waals surface area contributed by atoms with E-state index in [1.54, 1.807) is 0 Å². The number of amides is 1. The summed E-state index contributed by atoms with van der Waals surface area (Å²) in [4.78, 5) is 11.8. The Morgan fingerprint density at radius 2 is 1.62 bits per heavy atom. The number of benzene rings is 2. The average Bonchev–Trinajstić information content (AvgIpc) is 2.65. The van der Waals surface area contributed by atoms with Gasteiger partial charge in [-0.15, -0.1) is 0 Å². The highest BCUT2D eigenvalue weighted by Crippen LogP contribution is 2.22. The van der Waals surface area contributed by atoms with E-state index in [1.165, 1.54) is 5.48 Å². The molecule has 0 heterocycles. The lowest BCUT2D eigenvalue weighted by Crippen LogP contribution is -2.51. The molecule has 2 aromatic carbocycles. The van der Waals surface area contributed by atoms with Crippen LogP contribution in [0.2, 0.25) is 0 Å². The van der Waals surface area contributed by atoms with Gasteiger partial charge in [0, 0.05) is 13.0 Å². The Bertz CT molecular complexity index is 644. The van der Waals surface area contributed by atoms with Crippen LogP contribution in [0.4, 0.5) is 0 Å². The van der Waals surface area contributed by atoms with Crippen molar-refractivity contribution < 1.29 is 25.0 Å². The van der Waals surface area contributed by atoms with Crippen molar-refractivity contribution in [3.63, 3.8) is 0 Å². The first kappa shape index (κ1) is 18.1. The van der Waals surface area contributed by atoms with Gasteiger partial charge in [-0.25, -0.2) is 5.48 Å². The van der Waals surface area contributed by atoms with Crippen LogP contribution in [-0.2, 0) is 16.1 Å². The molecule has 0 saturated heterocycles. The number of carbonyl (C=O) groups is 1. The highest BCUT2D eigenvalue weighted by Gasteiger charge is 2.38. The number of nitrogens with one attached hydrogen (secondary N) is 1. The predicted molar refractivity (Wildman–Crippen MR) is 88.1 cm³/mol. The number of hydrogen-bond acceptors (Lipinski definition) is 5. The molecule has 2 rings (SSSR count). The second-order valence-electron chi connectivity index (χ2n) is 5.42. The largest absolute Gasteiger partial charge is 0.396 e. The van der Waals surface area contributed by atoms with E-state index in [0.717, 1.165) is 16.7 Å². The zero-order valence-corrected chi connectivity index (χ0v) is 13.2. The van der Waals surface area contributed by atoms with Crippen molar-refractivity contribution >= 4 is 5.91 Å². The fraction of sp³-hybridized carbons (Fsp3) is 0.278. The van der Waals surface area contributed by atoms with Gasteiger partial charge in [0.05, 0.1) is 13.2 Å². The molecule has 0 radical (unpaired) electrons. The molecule has 0 aliphatic carbocycles. The lowest BCUT2D eigenvalue weighted by Gasteiger charge is -2.29. The van der Waals surface area contributed by atoms with Crippen molar-refractivity contribution in [1.29, 1.82) is 0 Å². The molecule has 4 N–H and O–H groups in total. The molecule has 1 atom stereocenters. The molecule has 0 bridgehead atoms. The average molecular weight is 331 g/mol. The maximum Gasteiger partial charge on any atom is 0.278 e. The summed E-state index contributed by atoms with van der Waals surface area (Å²) in [5, 5.41) is 27.4. The Hall–Kier alpha value is -2.25. The second kappa shape index (κ2) is 8.56. The summed E-state index contributed by atoms with van der Waals surface area (Å²) < 4.78 is 5.52. The molecule has 6 heteroatoms. The van der Waals surface area contributed by atoms with Crippen LogP contribution in [0.5, 0.6) is 0 Å². The molecule has 24 heavy (non-hydrogen) atoms. The summed E-state index contributed by atoms with van der Waals surface area (Å²) in [6, 6.07) is 17.5. The highest BCUT2D eigenvalue weighted by atomic mass is 16.5. The Kier molecular flexibility index (Phi) is 6.45. The highest BCUT2D eigenvalue weighted by molar-refractivity contribution is 5.84. The monoisotopic (exact) mass is 331 g/mol. The maximum atomic E-state index is 11.8. The standard InChI is InChI=1S/C18H21NO5/c20-11-10-18(13-21,17(22)19-23)24-12-14-6-8-16(9-7-14)15-4-2-1-3-5-15/h1-9,20-21,23H,10-13H2,(H,19,22). The number of ether oxygens (including phenoxy) is 1. The van der Waals surface area contributed by atoms with Crippen LogP contribution in [0.25, 0.3) is 11.1 Å². The fourth-order valence-electron chi connectivity index (χ4n) is 2.38. The Morgan fingerprint density at radius 1 is 1.00 bits per heavy atom. The van der Waals surface area contributed by atoms with E-state index in [0.29, 0.717) is 0 Å². The van der Waals surface area contributed by atoms with Gasteiger partial charge < -0.3 is 14.9 Å². The van der Waals surface area contributed by atoms with Crippen molar-refractivity contribution in [2.45, 2.75) is 18.6 Å². The van der Waals surface area contributed by atoms with Crippen molar-refractivity contribution in [2.24, 2.45) is 0 Å². The number of aliphatic hydroxyl groups is 2. The smallest absolute Gasteiger partial charge is 0.278 e. The Balaban J connectivity index is 2.08. The van der Waals surface area contributed by atoms with Crippen molar-refractivity contribution in [1.82, 2.24) is 5.48 Å². The number of hydroxylamine groups is 1. The van der Waals surface area contributed by atoms with Crippen LogP contribution in [0, 0.1) is 0 Å². The van der Waals surface area contributed by atoms with Crippen LogP contribution in [0.1, 0.15) is 12.0 Å². The Morgan fingerprint density at radius 3 is 2.17 bits per heavy atom. The molecule has 2 aromatic rings. The Labute approximate surface area is 140 Å². The first-order valence-electron chi connectivity index (χ1n) is 7.60. The van der Waals surface area contributed by atoms with Gasteiger partial charge in [-0.3, -0.25) is 10.0 Å². The summed E-state index contributed by atoms with van der Waals surface area (Å²) in [6.07, 6.45) is -0.127. The fourth-order valence-corrected chi connectivity index (χ4v) is 2.38. The summed E-state index contributed by atoms with van der Waals surface area (Å²) >= 11 is 0. The van der Waals surface area contributed by atoms with E-state index >= 15 is 0 Å². The van der Waals surface area contributed by atoms with E-state index in [2.05, 4.69) is 0 Å². The third-order valence-electron chi connectivity index (χ3n) is 3.86. The van der Waals surface area contributed by atoms with Crippen molar-refractivity contribution in [2.75, 3.05) is 13.2 Å². The summed E-state index contributed by atoms with van der Waals surface area (Å²) in [5.41, 5.74) is 2.74. The minimum atomic E-state index is -1.68. The topological polar surface area (TPSA) is 99.0 Å². The lowest BCUT2D eigenvalue weighted by molar-refractivity contribution is -0.167. The van der Waals surface area contributed by atoms with Gasteiger partial charge in [0.1, 0.15) is 0 Å². The number of aliphatic hydroxyl groups excluding tert-OH is 2. The van der Waals surface area contributed by atoms with Gasteiger partial charge in [0.25, 0.3) is 5.91 Å². The molecule has 0 fully saturated rings. The zero-order chi connectivity index (χ0) is 17.4. The van der Waals surface area contributed by atoms with E-state index in [1.807, 2.05) is 54.6 Å². The van der Waals surface area contributed by atoms with Crippen LogP contribution < -0.4 is 5.48 Å². The summed E-state index contributed by atoms with van der Waals surface area (Å²) in [7, 11) is 0. The van der Waals surface area contributed by atoms with Gasteiger partial charge in [-0.1, -0.05) is 54.6 Å². The predicted octanol–water partition coefficient (Wildman–Crippen LogP) is 1.49. The molecule has 0 aliphatic heterocycles. The summed E-state index contributed by atoms with van der Waals surface area (Å²) in [6.45, 7) is -0.952. The van der Waals surface area contributed by atoms with E-state index in [9.17, 15) is 9.90 Å². The van der Waals surface area contributed by atoms with Gasteiger partial charge in [0.15, 0.2) is 5.60 Å². The van der Waals surface area contributed by atoms with E-state index in [4.69, 9.17) is 15.1 Å². The van der Waals surface area contributed by atoms with Crippen LogP contribution >= 0.6 is 0 Å². The van der Waals surface area contributed by atoms with Crippen molar-refractivity contribution in [3.05, 3.63) is 60.2 Å². The van der Waals surface area contributed by atoms with Gasteiger partial charge >= 0.3 is 0 Å². The first-order chi connectivity index (χ1) is 11.6. The molecule has 0 saturated carbocycles. The molecular weight excluding hydrogens is 310 g/mol. The summed E-state index contributed by atoms with van der Waals surface area (Å²) in [5.74, 6) is -0.889. The van der Waals surface area contributed by atoms with Gasteiger partial charge in [-0.2, -0.15) is 0 Å². The normalized spacial score (nSPS) is 13.3. The molecule has 0 aromatic heterocycles. The van der Waals surface area contributed by atoms with E-state index < -0.39 is 18.1 Å². The van der Waals surface area contributed by atoms with E-state index in [-0.39, 0.29) is 19.6 Å². The number of carbonyl (C=O) groups excluding carboxylic acids is 1. The second-order valence-corrected chi connectivity index (χ2v) is 5.42. The maximum absolute atomic E-state index is 11.8. The quantitative estimate of drug-likeness (QED) is 0.434. The SMILES string of the molecule is O=C(NO)C(CO)(CCO)OCc1ccc(-c2ccccc2)cc1. The van der Waals surface area contributed by atoms with Crippen molar-refractivity contribution in [3.8, 4) is 11.1 Å². The van der Waals surface area contributed by atoms with Crippen LogP contribution in [0.3, 0.4) is 0 Å². The number of hydrogen-bond donors (Lipinski definition) is 4. The minimum absolute atomic E-state index is 0.0586. The molecular formula is C18H21NO5. The zero-order valence-electron chi connectivity index (χ0n) is 13.2. The van der Waals surface area contributed by atoms with Gasteiger partial charge in [0.2, 0.25) is 0 Å². The number of rotatable bonds is 8. The molecule has 128 valence electrons. The third kappa shape index (κ3) is 4.18. The first-order valence-corrected chi connectivity index (χ1v) is 7.60. The molecule has 0 spiro atoms. The van der Waals surface area contributed by atoms with Gasteiger partial charge in [-0.05, 0) is 16.7 Å². The van der Waals surface area contributed by atoms with Crippen LogP contribution in [-0.4, -0.2) is 40.1 Å². The van der Waals surface area contributed by atoms with Crippen LogP contribution in [0.15, 0.2) is 54.6 Å². The molecule has 1 unspecified atom stereocenters.